The molecule has 0 atom stereocenters. The molecule has 0 amide bonds. The van der Waals surface area contributed by atoms with Gasteiger partial charge >= 0.3 is 0 Å². The van der Waals surface area contributed by atoms with Crippen molar-refractivity contribution in [1.29, 1.82) is 5.26 Å². The number of nitrogens with one attached hydrogen (secondary N) is 1. The van der Waals surface area contributed by atoms with Crippen molar-refractivity contribution in [3.05, 3.63) is 11.8 Å². The lowest BCUT2D eigenvalue weighted by molar-refractivity contribution is 0.470. The topological polar surface area (TPSA) is 35.8 Å². The minimum Gasteiger partial charge on any atom is -0.383 e. The third-order valence-corrected chi connectivity index (χ3v) is 1.76. The van der Waals surface area contributed by atoms with Crippen molar-refractivity contribution >= 4 is 0 Å². The predicted molar refractivity (Wildman–Crippen MR) is 40.1 cm³/mol. The molecule has 0 bridgehead atoms. The van der Waals surface area contributed by atoms with E-state index in [1.54, 1.807) is 6.08 Å². The van der Waals surface area contributed by atoms with Gasteiger partial charge in [-0.3, -0.25) is 0 Å². The van der Waals surface area contributed by atoms with E-state index in [-0.39, 0.29) is 5.54 Å². The van der Waals surface area contributed by atoms with Gasteiger partial charge in [0.15, 0.2) is 0 Å². The van der Waals surface area contributed by atoms with Gasteiger partial charge in [0.2, 0.25) is 0 Å². The molecule has 54 valence electrons. The third kappa shape index (κ3) is 1.51. The molecule has 1 heterocycles. The van der Waals surface area contributed by atoms with E-state index in [0.29, 0.717) is 0 Å². The summed E-state index contributed by atoms with van der Waals surface area (Å²) in [6.07, 6.45) is 3.73. The molecule has 1 rings (SSSR count). The van der Waals surface area contributed by atoms with Crippen LogP contribution < -0.4 is 5.32 Å². The van der Waals surface area contributed by atoms with Crippen molar-refractivity contribution in [2.45, 2.75) is 32.2 Å². The van der Waals surface area contributed by atoms with Gasteiger partial charge in [-0.1, -0.05) is 0 Å². The van der Waals surface area contributed by atoms with Crippen LogP contribution in [0.1, 0.15) is 26.7 Å². The van der Waals surface area contributed by atoms with E-state index in [1.165, 1.54) is 0 Å². The fourth-order valence-electron chi connectivity index (χ4n) is 1.19. The summed E-state index contributed by atoms with van der Waals surface area (Å²) in [5.41, 5.74) is 1.27. The van der Waals surface area contributed by atoms with Gasteiger partial charge in [0.05, 0.1) is 6.07 Å². The molecule has 0 aromatic carbocycles. The molecule has 0 aliphatic carbocycles. The molecular formula is C8H12N2. The molecule has 0 saturated carbocycles. The quantitative estimate of drug-likeness (QED) is 0.513. The molecule has 2 nitrogen and oxygen atoms in total. The number of allylic oxidation sites excluding steroid dienone is 2. The van der Waals surface area contributed by atoms with Gasteiger partial charge < -0.3 is 5.32 Å². The summed E-state index contributed by atoms with van der Waals surface area (Å²) in [6, 6.07) is 2.02. The number of hydrogen-bond donors (Lipinski definition) is 1. The van der Waals surface area contributed by atoms with Crippen molar-refractivity contribution in [1.82, 2.24) is 5.32 Å². The Morgan fingerprint density at radius 3 is 2.80 bits per heavy atom. The Balaban J connectivity index is 2.61. The molecule has 1 saturated heterocycles. The summed E-state index contributed by atoms with van der Waals surface area (Å²) in [5, 5.41) is 11.6. The number of rotatable bonds is 0. The molecule has 0 spiro atoms. The standard InChI is InChI=1S/C8H12N2/c1-8(2)5-3-7(10-8)4-6-9/h4,10H,3,5H2,1-2H3/b7-4-. The Bertz CT molecular complexity index is 196. The molecule has 0 radical (unpaired) electrons. The predicted octanol–water partition coefficient (Wildman–Crippen LogP) is 1.56. The van der Waals surface area contributed by atoms with Crippen LogP contribution in [0.5, 0.6) is 0 Å². The highest BCUT2D eigenvalue weighted by atomic mass is 15.0. The average molecular weight is 136 g/mol. The first kappa shape index (κ1) is 7.14. The van der Waals surface area contributed by atoms with Crippen LogP contribution in [0.3, 0.4) is 0 Å². The monoisotopic (exact) mass is 136 g/mol. The van der Waals surface area contributed by atoms with Crippen LogP contribution in [0.15, 0.2) is 11.8 Å². The zero-order valence-electron chi connectivity index (χ0n) is 6.44. The Labute approximate surface area is 61.5 Å². The second kappa shape index (κ2) is 2.34. The zero-order chi connectivity index (χ0) is 7.61. The van der Waals surface area contributed by atoms with Crippen LogP contribution in [0, 0.1) is 11.3 Å². The summed E-state index contributed by atoms with van der Waals surface area (Å²) < 4.78 is 0. The van der Waals surface area contributed by atoms with Crippen molar-refractivity contribution in [2.75, 3.05) is 0 Å². The molecule has 1 fully saturated rings. The van der Waals surface area contributed by atoms with E-state index in [4.69, 9.17) is 5.26 Å². The lowest BCUT2D eigenvalue weighted by Crippen LogP contribution is -2.30. The van der Waals surface area contributed by atoms with Crippen LogP contribution in [-0.2, 0) is 0 Å². The Kier molecular flexibility index (Phi) is 1.67. The fraction of sp³-hybridized carbons (Fsp3) is 0.625. The molecule has 0 aromatic heterocycles. The van der Waals surface area contributed by atoms with Crippen molar-refractivity contribution in [3.8, 4) is 6.07 Å². The lowest BCUT2D eigenvalue weighted by atomic mass is 10.0. The van der Waals surface area contributed by atoms with Gasteiger partial charge in [-0.25, -0.2) is 0 Å². The largest absolute Gasteiger partial charge is 0.383 e. The number of nitrogens with zero attached hydrogens (tertiary/aromatic N) is 1. The normalized spacial score (nSPS) is 25.9. The first-order chi connectivity index (χ1) is 4.64. The van der Waals surface area contributed by atoms with Crippen LogP contribution in [-0.4, -0.2) is 5.54 Å². The summed E-state index contributed by atoms with van der Waals surface area (Å²) in [5.74, 6) is 0. The maximum atomic E-state index is 8.33. The second-order valence-electron chi connectivity index (χ2n) is 3.31. The molecule has 1 N–H and O–H groups in total. The van der Waals surface area contributed by atoms with Crippen molar-refractivity contribution < 1.29 is 0 Å². The number of nitriles is 1. The Hall–Kier alpha value is -0.970. The summed E-state index contributed by atoms with van der Waals surface area (Å²) in [6.45, 7) is 4.29. The molecular weight excluding hydrogens is 124 g/mol. The molecule has 10 heavy (non-hydrogen) atoms. The van der Waals surface area contributed by atoms with Crippen molar-refractivity contribution in [3.63, 3.8) is 0 Å². The second-order valence-corrected chi connectivity index (χ2v) is 3.31. The van der Waals surface area contributed by atoms with Gasteiger partial charge in [-0.2, -0.15) is 5.26 Å². The zero-order valence-corrected chi connectivity index (χ0v) is 6.44. The summed E-state index contributed by atoms with van der Waals surface area (Å²) >= 11 is 0. The Morgan fingerprint density at radius 1 is 1.70 bits per heavy atom. The lowest BCUT2D eigenvalue weighted by Gasteiger charge is -2.17. The first-order valence-electron chi connectivity index (χ1n) is 3.51. The SMILES string of the molecule is CC1(C)CC/C(=C/C#N)N1. The highest BCUT2D eigenvalue weighted by Crippen LogP contribution is 2.23. The average Bonchev–Trinajstić information content (AvgIpc) is 2.12. The molecule has 0 aromatic rings. The van der Waals surface area contributed by atoms with Gasteiger partial charge in [-0.05, 0) is 26.7 Å². The van der Waals surface area contributed by atoms with Gasteiger partial charge in [0.25, 0.3) is 0 Å². The summed E-state index contributed by atoms with van der Waals surface area (Å²) in [4.78, 5) is 0. The fourth-order valence-corrected chi connectivity index (χ4v) is 1.19. The van der Waals surface area contributed by atoms with Gasteiger partial charge in [-0.15, -0.1) is 0 Å². The highest BCUT2D eigenvalue weighted by molar-refractivity contribution is 5.17. The van der Waals surface area contributed by atoms with Crippen LogP contribution in [0.2, 0.25) is 0 Å². The van der Waals surface area contributed by atoms with E-state index in [9.17, 15) is 0 Å². The molecule has 1 aliphatic rings. The minimum absolute atomic E-state index is 0.197. The Morgan fingerprint density at radius 2 is 2.40 bits per heavy atom. The summed E-state index contributed by atoms with van der Waals surface area (Å²) in [7, 11) is 0. The number of hydrogen-bond acceptors (Lipinski definition) is 2. The van der Waals surface area contributed by atoms with E-state index < -0.39 is 0 Å². The maximum Gasteiger partial charge on any atom is 0.0930 e. The van der Waals surface area contributed by atoms with E-state index in [1.807, 2.05) is 6.07 Å². The van der Waals surface area contributed by atoms with E-state index >= 15 is 0 Å². The smallest absolute Gasteiger partial charge is 0.0930 e. The molecule has 0 unspecified atom stereocenters. The molecule has 2 heteroatoms. The highest BCUT2D eigenvalue weighted by Gasteiger charge is 2.24. The van der Waals surface area contributed by atoms with Gasteiger partial charge in [0.1, 0.15) is 0 Å². The van der Waals surface area contributed by atoms with Crippen molar-refractivity contribution in [2.24, 2.45) is 0 Å². The maximum absolute atomic E-state index is 8.33. The van der Waals surface area contributed by atoms with Crippen LogP contribution in [0.25, 0.3) is 0 Å². The van der Waals surface area contributed by atoms with E-state index in [2.05, 4.69) is 19.2 Å². The third-order valence-electron chi connectivity index (χ3n) is 1.76. The van der Waals surface area contributed by atoms with Crippen LogP contribution >= 0.6 is 0 Å². The van der Waals surface area contributed by atoms with E-state index in [0.717, 1.165) is 18.5 Å². The minimum atomic E-state index is 0.197. The molecule has 1 aliphatic heterocycles. The van der Waals surface area contributed by atoms with Crippen LogP contribution in [0.4, 0.5) is 0 Å². The first-order valence-corrected chi connectivity index (χ1v) is 3.51. The van der Waals surface area contributed by atoms with Gasteiger partial charge in [0, 0.05) is 17.3 Å².